The van der Waals surface area contributed by atoms with Gasteiger partial charge in [0.1, 0.15) is 0 Å². The van der Waals surface area contributed by atoms with Gasteiger partial charge in [-0.15, -0.1) is 13.3 Å². The first-order valence-corrected chi connectivity index (χ1v) is 7.05. The summed E-state index contributed by atoms with van der Waals surface area (Å²) in [4.78, 5) is 0. The van der Waals surface area contributed by atoms with Crippen LogP contribution in [0.4, 0.5) is 0 Å². The summed E-state index contributed by atoms with van der Waals surface area (Å²) in [7, 11) is 4.76. The van der Waals surface area contributed by atoms with Crippen molar-refractivity contribution in [1.82, 2.24) is 0 Å². The van der Waals surface area contributed by atoms with Crippen LogP contribution in [-0.2, 0) is 17.3 Å². The van der Waals surface area contributed by atoms with Gasteiger partial charge in [0.15, 0.2) is 0 Å². The van der Waals surface area contributed by atoms with E-state index < -0.39 is 0 Å². The van der Waals surface area contributed by atoms with Gasteiger partial charge < -0.3 is 0 Å². The van der Waals surface area contributed by atoms with Crippen LogP contribution in [-0.4, -0.2) is 0 Å². The Bertz CT molecular complexity index is 88.9. The minimum absolute atomic E-state index is 0.847. The van der Waals surface area contributed by atoms with Gasteiger partial charge >= 0.3 is 27.0 Å². The number of rotatable bonds is 0. The molecule has 2 heteroatoms. The van der Waals surface area contributed by atoms with E-state index in [2.05, 4.69) is 19.4 Å². The van der Waals surface area contributed by atoms with E-state index in [0.29, 0.717) is 0 Å². The fourth-order valence-electron chi connectivity index (χ4n) is 0.867. The standard InChI is InChI=1S/C7H11.ClH.Zn/c1-7-5-3-2-4-6-7;;/h3,5H,2,4,6H2,1H3;1H;/q-1;;+2/p-1. The van der Waals surface area contributed by atoms with Crippen LogP contribution in [0.1, 0.15) is 26.2 Å². The summed E-state index contributed by atoms with van der Waals surface area (Å²) in [5.41, 5.74) is 1.53. The van der Waals surface area contributed by atoms with Gasteiger partial charge in [-0.25, -0.2) is 18.1 Å². The van der Waals surface area contributed by atoms with Gasteiger partial charge in [0.2, 0.25) is 0 Å². The molecule has 9 heavy (non-hydrogen) atoms. The fourth-order valence-corrected chi connectivity index (χ4v) is 0.867. The fraction of sp³-hybridized carbons (Fsp3) is 0.571. The molecule has 0 aromatic carbocycles. The molecule has 0 fully saturated rings. The molecule has 1 rings (SSSR count). The first-order valence-electron chi connectivity index (χ1n) is 3.15. The summed E-state index contributed by atoms with van der Waals surface area (Å²) in [5.74, 6) is 0. The normalized spacial score (nSPS) is 16.7. The second kappa shape index (κ2) is 6.64. The van der Waals surface area contributed by atoms with Crippen LogP contribution < -0.4 is 0 Å². The number of hydrogen-bond donors (Lipinski definition) is 0. The van der Waals surface area contributed by atoms with Crippen molar-refractivity contribution in [2.45, 2.75) is 26.2 Å². The molecule has 1 aliphatic rings. The zero-order chi connectivity index (χ0) is 7.11. The molecule has 0 N–H and O–H groups in total. The number of halogens is 1. The third kappa shape index (κ3) is 4.99. The Morgan fingerprint density at radius 3 is 2.56 bits per heavy atom. The summed E-state index contributed by atoms with van der Waals surface area (Å²) in [6, 6.07) is 0. The zero-order valence-corrected chi connectivity index (χ0v) is 9.58. The molecule has 0 amide bonds. The van der Waals surface area contributed by atoms with Crippen LogP contribution in [0.5, 0.6) is 0 Å². The Morgan fingerprint density at radius 2 is 2.33 bits per heavy atom. The predicted molar refractivity (Wildman–Crippen MR) is 37.8 cm³/mol. The minimum atomic E-state index is 0.847. The number of hydrogen-bond acceptors (Lipinski definition) is 0. The Morgan fingerprint density at radius 1 is 1.67 bits per heavy atom. The molecule has 0 aliphatic heterocycles. The quantitative estimate of drug-likeness (QED) is 0.412. The van der Waals surface area contributed by atoms with Crippen LogP contribution in [0.15, 0.2) is 11.6 Å². The van der Waals surface area contributed by atoms with Crippen molar-refractivity contribution in [3.05, 3.63) is 18.1 Å². The van der Waals surface area contributed by atoms with E-state index in [4.69, 9.17) is 9.69 Å². The van der Waals surface area contributed by atoms with Gasteiger partial charge in [-0.3, -0.25) is 0 Å². The monoisotopic (exact) mass is 194 g/mol. The van der Waals surface area contributed by atoms with Crippen molar-refractivity contribution in [2.75, 3.05) is 0 Å². The molecule has 0 heterocycles. The molecule has 0 nitrogen and oxygen atoms in total. The Labute approximate surface area is 71.4 Å². The van der Waals surface area contributed by atoms with Crippen molar-refractivity contribution < 1.29 is 17.3 Å². The molecule has 0 atom stereocenters. The maximum atomic E-state index is 4.76. The van der Waals surface area contributed by atoms with Gasteiger partial charge in [-0.05, 0) is 0 Å². The van der Waals surface area contributed by atoms with E-state index in [9.17, 15) is 0 Å². The Kier molecular flexibility index (Phi) is 7.03. The van der Waals surface area contributed by atoms with Gasteiger partial charge in [0.25, 0.3) is 0 Å². The molecule has 0 aromatic rings. The van der Waals surface area contributed by atoms with Crippen LogP contribution in [0, 0.1) is 6.42 Å². The molecular weight excluding hydrogens is 185 g/mol. The summed E-state index contributed by atoms with van der Waals surface area (Å²) >= 11 is 0.847. The molecule has 48 valence electrons. The first-order chi connectivity index (χ1) is 4.39. The van der Waals surface area contributed by atoms with Gasteiger partial charge in [-0.2, -0.15) is 0 Å². The molecule has 1 aliphatic carbocycles. The topological polar surface area (TPSA) is 0 Å². The second-order valence-corrected chi connectivity index (χ2v) is 2.14. The average molecular weight is 196 g/mol. The molecule has 0 radical (unpaired) electrons. The Balaban J connectivity index is 0.000000291. The number of allylic oxidation sites excluding steroid dienone is 2. The van der Waals surface area contributed by atoms with Crippen molar-refractivity contribution in [2.24, 2.45) is 0 Å². The molecule has 0 saturated carbocycles. The van der Waals surface area contributed by atoms with E-state index in [1.54, 1.807) is 0 Å². The molecule has 0 aromatic heterocycles. The maximum absolute atomic E-state index is 4.76. The summed E-state index contributed by atoms with van der Waals surface area (Å²) < 4.78 is 0. The SMILES string of the molecule is CC1=C[CH-]CCC1.[Cl][Zn+]. The summed E-state index contributed by atoms with van der Waals surface area (Å²) in [6.07, 6.45) is 8.44. The van der Waals surface area contributed by atoms with E-state index >= 15 is 0 Å². The van der Waals surface area contributed by atoms with E-state index in [0.717, 1.165) is 17.3 Å². The van der Waals surface area contributed by atoms with Gasteiger partial charge in [0.05, 0.1) is 0 Å². The third-order valence-corrected chi connectivity index (χ3v) is 1.34. The van der Waals surface area contributed by atoms with E-state index in [1.165, 1.54) is 24.8 Å². The van der Waals surface area contributed by atoms with Crippen LogP contribution in [0.3, 0.4) is 0 Å². The second-order valence-electron chi connectivity index (χ2n) is 2.14. The van der Waals surface area contributed by atoms with Crippen LogP contribution in [0.25, 0.3) is 0 Å². The molecule has 0 spiro atoms. The molecule has 0 bridgehead atoms. The van der Waals surface area contributed by atoms with Gasteiger partial charge in [-0.1, -0.05) is 12.8 Å². The van der Waals surface area contributed by atoms with Crippen LogP contribution >= 0.6 is 9.69 Å². The molecule has 0 unspecified atom stereocenters. The predicted octanol–water partition coefficient (Wildman–Crippen LogP) is 3.01. The third-order valence-electron chi connectivity index (χ3n) is 1.34. The summed E-state index contributed by atoms with van der Waals surface area (Å²) in [5, 5.41) is 0. The molecule has 0 saturated heterocycles. The zero-order valence-electron chi connectivity index (χ0n) is 5.86. The molecular formula is C7H11ClZn. The Hall–Kier alpha value is 0.523. The first kappa shape index (κ1) is 9.52. The van der Waals surface area contributed by atoms with Crippen molar-refractivity contribution >= 4 is 9.69 Å². The summed E-state index contributed by atoms with van der Waals surface area (Å²) in [6.45, 7) is 2.19. The van der Waals surface area contributed by atoms with Crippen molar-refractivity contribution in [1.29, 1.82) is 0 Å². The van der Waals surface area contributed by atoms with Crippen molar-refractivity contribution in [3.8, 4) is 0 Å². The van der Waals surface area contributed by atoms with Crippen molar-refractivity contribution in [3.63, 3.8) is 0 Å². The van der Waals surface area contributed by atoms with Crippen LogP contribution in [0.2, 0.25) is 0 Å². The average Bonchev–Trinajstić information content (AvgIpc) is 1.94. The van der Waals surface area contributed by atoms with E-state index in [1.807, 2.05) is 0 Å². The van der Waals surface area contributed by atoms with Gasteiger partial charge in [0, 0.05) is 0 Å². The van der Waals surface area contributed by atoms with E-state index in [-0.39, 0.29) is 0 Å².